The van der Waals surface area contributed by atoms with Gasteiger partial charge in [0.15, 0.2) is 12.4 Å². The number of benzene rings is 1. The van der Waals surface area contributed by atoms with Gasteiger partial charge in [0.25, 0.3) is 0 Å². The SMILES string of the molecule is Cc1ccc2c(n1)C(=N)N(CC(=O)c1cc(N3CCC(O)C3)c(OCC(=O)O)c(C(C)(C)C)c1)C2. The number of aryl methyl sites for hydroxylation is 1. The zero-order valence-electron chi connectivity index (χ0n) is 20.6. The largest absolute Gasteiger partial charge is 0.479 e. The number of carbonyl (C=O) groups is 2. The van der Waals surface area contributed by atoms with Gasteiger partial charge < -0.3 is 24.7 Å². The summed E-state index contributed by atoms with van der Waals surface area (Å²) in [7, 11) is 0. The predicted molar refractivity (Wildman–Crippen MR) is 132 cm³/mol. The molecule has 1 fully saturated rings. The van der Waals surface area contributed by atoms with Crippen molar-refractivity contribution in [2.24, 2.45) is 0 Å². The molecule has 1 saturated heterocycles. The number of hydrogen-bond donors (Lipinski definition) is 3. The standard InChI is InChI=1S/C26H32N4O5/c1-15-5-6-16-11-30(25(27)23(16)28-15)13-21(32)17-9-19(26(2,3)4)24(35-14-22(33)34)20(10-17)29-8-7-18(31)12-29/h5-6,9-10,18,27,31H,7-8,11-14H2,1-4H3,(H,33,34). The van der Waals surface area contributed by atoms with E-state index in [0.717, 1.165) is 16.8 Å². The lowest BCUT2D eigenvalue weighted by Gasteiger charge is -2.29. The number of carboxylic acids is 1. The maximum atomic E-state index is 13.5. The van der Waals surface area contributed by atoms with Crippen LogP contribution < -0.4 is 9.64 Å². The Bertz CT molecular complexity index is 1190. The number of pyridine rings is 1. The van der Waals surface area contributed by atoms with Crippen LogP contribution in [0.1, 0.15) is 60.1 Å². The quantitative estimate of drug-likeness (QED) is 0.517. The van der Waals surface area contributed by atoms with Gasteiger partial charge in [-0.2, -0.15) is 0 Å². The number of carboxylic acid groups (broad SMARTS) is 1. The molecule has 0 amide bonds. The van der Waals surface area contributed by atoms with E-state index in [1.807, 2.05) is 44.7 Å². The molecule has 1 aromatic carbocycles. The minimum absolute atomic E-state index is 0.0230. The highest BCUT2D eigenvalue weighted by molar-refractivity contribution is 6.05. The van der Waals surface area contributed by atoms with Crippen molar-refractivity contribution in [3.63, 3.8) is 0 Å². The number of nitrogens with zero attached hydrogens (tertiary/aromatic N) is 3. The number of anilines is 1. The van der Waals surface area contributed by atoms with Gasteiger partial charge in [-0.15, -0.1) is 0 Å². The van der Waals surface area contributed by atoms with Gasteiger partial charge in [0.05, 0.1) is 18.3 Å². The van der Waals surface area contributed by atoms with E-state index in [1.165, 1.54) is 0 Å². The Labute approximate surface area is 204 Å². The molecule has 1 unspecified atom stereocenters. The number of aliphatic hydroxyl groups excluding tert-OH is 1. The van der Waals surface area contributed by atoms with Crippen LogP contribution in [0.4, 0.5) is 5.69 Å². The summed E-state index contributed by atoms with van der Waals surface area (Å²) in [5.74, 6) is -0.590. The normalized spacial score (nSPS) is 17.6. The van der Waals surface area contributed by atoms with E-state index in [-0.39, 0.29) is 18.2 Å². The van der Waals surface area contributed by atoms with E-state index >= 15 is 0 Å². The van der Waals surface area contributed by atoms with Crippen molar-refractivity contribution < 1.29 is 24.5 Å². The van der Waals surface area contributed by atoms with Crippen LogP contribution in [0.15, 0.2) is 24.3 Å². The van der Waals surface area contributed by atoms with Crippen LogP contribution in [-0.4, -0.2) is 70.0 Å². The molecule has 1 aromatic heterocycles. The first-order chi connectivity index (χ1) is 16.4. The second-order valence-corrected chi connectivity index (χ2v) is 10.3. The highest BCUT2D eigenvalue weighted by Gasteiger charge is 2.32. The molecule has 2 aliphatic heterocycles. The van der Waals surface area contributed by atoms with Crippen molar-refractivity contribution in [1.29, 1.82) is 5.41 Å². The highest BCUT2D eigenvalue weighted by atomic mass is 16.5. The van der Waals surface area contributed by atoms with Gasteiger partial charge in [-0.3, -0.25) is 10.2 Å². The number of aromatic nitrogens is 1. The molecule has 1 atom stereocenters. The number of Topliss-reactive ketones (excluding diaryl/α,β-unsaturated/α-hetero) is 1. The number of rotatable bonds is 7. The Kier molecular flexibility index (Phi) is 6.55. The average molecular weight is 481 g/mol. The zero-order valence-corrected chi connectivity index (χ0v) is 20.6. The molecule has 0 bridgehead atoms. The van der Waals surface area contributed by atoms with Gasteiger partial charge in [0.2, 0.25) is 0 Å². The Morgan fingerprint density at radius 1 is 1.26 bits per heavy atom. The Morgan fingerprint density at radius 2 is 2.00 bits per heavy atom. The molecule has 35 heavy (non-hydrogen) atoms. The molecule has 0 radical (unpaired) electrons. The topological polar surface area (TPSA) is 127 Å². The molecule has 2 aliphatic rings. The van der Waals surface area contributed by atoms with E-state index in [9.17, 15) is 19.8 Å². The van der Waals surface area contributed by atoms with Crippen LogP contribution in [0, 0.1) is 12.3 Å². The van der Waals surface area contributed by atoms with E-state index < -0.39 is 24.1 Å². The van der Waals surface area contributed by atoms with Gasteiger partial charge in [-0.25, -0.2) is 9.78 Å². The first kappa shape index (κ1) is 24.7. The van der Waals surface area contributed by atoms with Crippen molar-refractivity contribution >= 4 is 23.3 Å². The number of fused-ring (bicyclic) bond motifs is 1. The van der Waals surface area contributed by atoms with Gasteiger partial charge in [0, 0.05) is 42.0 Å². The number of amidine groups is 1. The minimum atomic E-state index is -1.09. The molecule has 0 spiro atoms. The third kappa shape index (κ3) is 5.14. The van der Waals surface area contributed by atoms with E-state index in [0.29, 0.717) is 48.7 Å². The van der Waals surface area contributed by atoms with Crippen molar-refractivity contribution in [3.8, 4) is 5.75 Å². The van der Waals surface area contributed by atoms with Crippen molar-refractivity contribution in [3.05, 3.63) is 52.3 Å². The Morgan fingerprint density at radius 3 is 2.63 bits per heavy atom. The van der Waals surface area contributed by atoms with Gasteiger partial charge >= 0.3 is 5.97 Å². The summed E-state index contributed by atoms with van der Waals surface area (Å²) in [5, 5.41) is 27.9. The first-order valence-corrected chi connectivity index (χ1v) is 11.7. The van der Waals surface area contributed by atoms with Crippen LogP contribution in [0.2, 0.25) is 0 Å². The molecule has 4 rings (SSSR count). The molecule has 3 heterocycles. The summed E-state index contributed by atoms with van der Waals surface area (Å²) < 4.78 is 5.76. The number of β-amino-alcohol motifs (C(OH)–C–C–N with tert-alkyl or cyclic N) is 1. The van der Waals surface area contributed by atoms with E-state index in [1.54, 1.807) is 17.0 Å². The summed E-state index contributed by atoms with van der Waals surface area (Å²) in [5.41, 5.74) is 3.71. The molecule has 9 nitrogen and oxygen atoms in total. The van der Waals surface area contributed by atoms with Crippen molar-refractivity contribution in [2.75, 3.05) is 31.1 Å². The average Bonchev–Trinajstić information content (AvgIpc) is 3.34. The number of aliphatic hydroxyl groups is 1. The van der Waals surface area contributed by atoms with Crippen LogP contribution in [0.5, 0.6) is 5.75 Å². The second-order valence-electron chi connectivity index (χ2n) is 10.3. The van der Waals surface area contributed by atoms with Crippen molar-refractivity contribution in [2.45, 2.75) is 52.2 Å². The number of nitrogens with one attached hydrogen (secondary N) is 1. The lowest BCUT2D eigenvalue weighted by molar-refractivity contribution is -0.139. The molecular formula is C26H32N4O5. The second kappa shape index (κ2) is 9.30. The minimum Gasteiger partial charge on any atom is -0.479 e. The molecule has 9 heteroatoms. The summed E-state index contributed by atoms with van der Waals surface area (Å²) in [6.45, 7) is 8.73. The van der Waals surface area contributed by atoms with Crippen molar-refractivity contribution in [1.82, 2.24) is 9.88 Å². The number of ketones is 1. The monoisotopic (exact) mass is 480 g/mol. The number of aliphatic carboxylic acids is 1. The fraction of sp³-hybridized carbons (Fsp3) is 0.462. The predicted octanol–water partition coefficient (Wildman–Crippen LogP) is 2.75. The van der Waals surface area contributed by atoms with E-state index in [2.05, 4.69) is 4.98 Å². The third-order valence-electron chi connectivity index (χ3n) is 6.40. The Balaban J connectivity index is 1.69. The molecule has 0 aliphatic carbocycles. The Hall–Kier alpha value is -3.46. The molecular weight excluding hydrogens is 448 g/mol. The third-order valence-corrected chi connectivity index (χ3v) is 6.40. The summed E-state index contributed by atoms with van der Waals surface area (Å²) >= 11 is 0. The van der Waals surface area contributed by atoms with Gasteiger partial charge in [-0.1, -0.05) is 26.8 Å². The maximum absolute atomic E-state index is 13.5. The summed E-state index contributed by atoms with van der Waals surface area (Å²) in [4.78, 5) is 32.9. The fourth-order valence-corrected chi connectivity index (χ4v) is 4.56. The zero-order chi connectivity index (χ0) is 25.5. The molecule has 0 saturated carbocycles. The maximum Gasteiger partial charge on any atom is 0.341 e. The van der Waals surface area contributed by atoms with Crippen LogP contribution in [-0.2, 0) is 16.8 Å². The lowest BCUT2D eigenvalue weighted by atomic mass is 9.84. The van der Waals surface area contributed by atoms with Crippen LogP contribution in [0.25, 0.3) is 0 Å². The summed E-state index contributed by atoms with van der Waals surface area (Å²) in [6.07, 6.45) is 0.0797. The number of ether oxygens (including phenoxy) is 1. The van der Waals surface area contributed by atoms with Crippen LogP contribution >= 0.6 is 0 Å². The highest BCUT2D eigenvalue weighted by Crippen LogP contribution is 2.41. The molecule has 2 aromatic rings. The molecule has 186 valence electrons. The number of hydrogen-bond acceptors (Lipinski definition) is 7. The van der Waals surface area contributed by atoms with E-state index in [4.69, 9.17) is 10.1 Å². The summed E-state index contributed by atoms with van der Waals surface area (Å²) in [6, 6.07) is 7.34. The van der Waals surface area contributed by atoms with Crippen LogP contribution in [0.3, 0.4) is 0 Å². The van der Waals surface area contributed by atoms with Gasteiger partial charge in [-0.05, 0) is 37.0 Å². The smallest absolute Gasteiger partial charge is 0.341 e. The lowest BCUT2D eigenvalue weighted by Crippen LogP contribution is -2.31. The van der Waals surface area contributed by atoms with Gasteiger partial charge in [0.1, 0.15) is 17.3 Å². The fourth-order valence-electron chi connectivity index (χ4n) is 4.56. The first-order valence-electron chi connectivity index (χ1n) is 11.7. The number of carbonyl (C=O) groups excluding carboxylic acids is 1. The molecule has 3 N–H and O–H groups in total.